The van der Waals surface area contributed by atoms with Crippen LogP contribution < -0.4 is 5.32 Å². The van der Waals surface area contributed by atoms with Gasteiger partial charge in [-0.05, 0) is 24.4 Å². The van der Waals surface area contributed by atoms with E-state index in [0.717, 1.165) is 0 Å². The number of alkyl halides is 7. The Morgan fingerprint density at radius 1 is 1.11 bits per heavy atom. The van der Waals surface area contributed by atoms with Crippen molar-refractivity contribution in [2.24, 2.45) is 0 Å². The van der Waals surface area contributed by atoms with Gasteiger partial charge in [-0.3, -0.25) is 4.79 Å². The zero-order valence-corrected chi connectivity index (χ0v) is 9.59. The Labute approximate surface area is 103 Å². The van der Waals surface area contributed by atoms with E-state index in [1.165, 1.54) is 5.32 Å². The second kappa shape index (κ2) is 5.96. The van der Waals surface area contributed by atoms with E-state index in [4.69, 9.17) is 5.11 Å². The number of amides is 1. The number of rotatable bonds is 7. The number of halogens is 7. The predicted molar refractivity (Wildman–Crippen MR) is 50.0 cm³/mol. The van der Waals surface area contributed by atoms with Gasteiger partial charge in [-0.15, -0.1) is 0 Å². The molecule has 18 heavy (non-hydrogen) atoms. The summed E-state index contributed by atoms with van der Waals surface area (Å²) in [4.78, 5) is 10.7. The summed E-state index contributed by atoms with van der Waals surface area (Å²) in [6.45, 7) is -0.749. The van der Waals surface area contributed by atoms with Gasteiger partial charge in [-0.25, -0.2) is 0 Å². The number of carbonyl (C=O) groups is 1. The molecule has 0 saturated heterocycles. The molecule has 0 aromatic heterocycles. The van der Waals surface area contributed by atoms with E-state index in [2.05, 4.69) is 11.6 Å². The lowest BCUT2D eigenvalue weighted by Gasteiger charge is -2.28. The van der Waals surface area contributed by atoms with E-state index in [9.17, 15) is 31.1 Å². The third-order valence-corrected chi connectivity index (χ3v) is 2.14. The van der Waals surface area contributed by atoms with Gasteiger partial charge in [0.1, 0.15) is 0 Å². The summed E-state index contributed by atoms with van der Waals surface area (Å²) in [5.41, 5.74) is 0. The van der Waals surface area contributed by atoms with E-state index in [-0.39, 0.29) is 19.4 Å². The maximum Gasteiger partial charge on any atom is 0.395 e. The largest absolute Gasteiger partial charge is 0.396 e. The second-order valence-corrected chi connectivity index (χ2v) is 3.81. The minimum atomic E-state index is -6.01. The van der Waals surface area contributed by atoms with Crippen molar-refractivity contribution >= 4 is 17.5 Å². The fraction of sp³-hybridized carbons (Fsp3) is 0.875. The summed E-state index contributed by atoms with van der Waals surface area (Å²) >= 11 is 3.86. The van der Waals surface area contributed by atoms with Gasteiger partial charge in [0.25, 0.3) is 5.91 Å². The molecule has 0 heterocycles. The van der Waals surface area contributed by atoms with E-state index < -0.39 is 29.7 Å². The Kier molecular flexibility index (Phi) is 5.73. The van der Waals surface area contributed by atoms with E-state index >= 15 is 0 Å². The number of carbonyl (C=O) groups excluding carboxylic acids is 1. The molecule has 3 nitrogen and oxygen atoms in total. The van der Waals surface area contributed by atoms with Gasteiger partial charge < -0.3 is 10.4 Å². The molecule has 0 fully saturated rings. The lowest BCUT2D eigenvalue weighted by atomic mass is 10.1. The molecule has 0 radical (unpaired) electrons. The molecule has 10 heteroatoms. The Hall–Kier alpha value is -0.700. The minimum absolute atomic E-state index is 0.0289. The molecule has 0 aliphatic heterocycles. The van der Waals surface area contributed by atoms with Crippen LogP contribution in [0.5, 0.6) is 0 Å². The molecule has 0 rings (SSSR count). The molecule has 0 aliphatic rings. The van der Waals surface area contributed by atoms with Crippen molar-refractivity contribution in [1.29, 1.82) is 0 Å². The average molecular weight is 302 g/mol. The van der Waals surface area contributed by atoms with E-state index in [1.54, 1.807) is 0 Å². The monoisotopic (exact) mass is 301 g/mol. The highest BCUT2D eigenvalue weighted by atomic mass is 35.5. The van der Waals surface area contributed by atoms with Crippen LogP contribution in [-0.4, -0.2) is 41.4 Å². The highest BCUT2D eigenvalue weighted by Crippen LogP contribution is 2.47. The summed E-state index contributed by atoms with van der Waals surface area (Å²) in [6.07, 6.45) is 0.162. The average Bonchev–Trinajstić information content (AvgIpc) is 2.22. The van der Waals surface area contributed by atoms with Gasteiger partial charge in [-0.2, -0.15) is 26.3 Å². The number of nitrogens with one attached hydrogen (secondary N) is 1. The van der Waals surface area contributed by atoms with Gasteiger partial charge in [0.05, 0.1) is 0 Å². The first kappa shape index (κ1) is 17.3. The van der Waals surface area contributed by atoms with Crippen LogP contribution in [0.2, 0.25) is 0 Å². The molecule has 0 spiro atoms. The second-order valence-electron chi connectivity index (χ2n) is 3.33. The van der Waals surface area contributed by atoms with Crippen LogP contribution in [0.4, 0.5) is 26.3 Å². The molecular weight excluding hydrogens is 292 g/mol. The molecule has 0 atom stereocenters. The summed E-state index contributed by atoms with van der Waals surface area (Å²) in [7, 11) is 0. The number of hydrogen-bond donors (Lipinski definition) is 2. The Bertz CT molecular complexity index is 294. The van der Waals surface area contributed by atoms with Gasteiger partial charge in [-0.1, -0.05) is 0 Å². The quantitative estimate of drug-likeness (QED) is 0.429. The minimum Gasteiger partial charge on any atom is -0.396 e. The van der Waals surface area contributed by atoms with E-state index in [1.807, 2.05) is 0 Å². The van der Waals surface area contributed by atoms with Crippen molar-refractivity contribution in [3.63, 3.8) is 0 Å². The first-order valence-corrected chi connectivity index (χ1v) is 5.07. The Morgan fingerprint density at radius 3 is 2.00 bits per heavy atom. The van der Waals surface area contributed by atoms with Crippen molar-refractivity contribution < 1.29 is 36.2 Å². The van der Waals surface area contributed by atoms with Crippen LogP contribution in [0.3, 0.4) is 0 Å². The lowest BCUT2D eigenvalue weighted by molar-refractivity contribution is -0.269. The molecule has 0 aliphatic carbocycles. The molecule has 0 saturated carbocycles. The Morgan fingerprint density at radius 2 is 1.61 bits per heavy atom. The smallest absolute Gasteiger partial charge is 0.395 e. The van der Waals surface area contributed by atoms with Crippen LogP contribution in [0.1, 0.15) is 12.8 Å². The van der Waals surface area contributed by atoms with Crippen LogP contribution in [0.25, 0.3) is 0 Å². The molecule has 2 N–H and O–H groups in total. The Balaban J connectivity index is 4.67. The van der Waals surface area contributed by atoms with Crippen molar-refractivity contribution in [3.8, 4) is 0 Å². The number of hydrogen-bond acceptors (Lipinski definition) is 2. The third-order valence-electron chi connectivity index (χ3n) is 1.91. The van der Waals surface area contributed by atoms with Gasteiger partial charge in [0, 0.05) is 13.2 Å². The van der Waals surface area contributed by atoms with Crippen molar-refractivity contribution in [1.82, 2.24) is 5.32 Å². The third kappa shape index (κ3) is 3.64. The normalized spacial score (nSPS) is 13.6. The first-order valence-electron chi connectivity index (χ1n) is 4.70. The fourth-order valence-corrected chi connectivity index (χ4v) is 0.989. The van der Waals surface area contributed by atoms with Gasteiger partial charge >= 0.3 is 17.2 Å². The van der Waals surface area contributed by atoms with E-state index in [0.29, 0.717) is 0 Å². The standard InChI is InChI=1S/C8H10ClF6NO2/c9-8(14,15)7(12,13)6(10,11)5(18)16-3-1-2-4-17/h17H,1-4H2,(H,16,18). The van der Waals surface area contributed by atoms with Crippen LogP contribution in [0, 0.1) is 0 Å². The number of unbranched alkanes of at least 4 members (excludes halogenated alkanes) is 1. The summed E-state index contributed by atoms with van der Waals surface area (Å²) < 4.78 is 75.1. The zero-order chi connectivity index (χ0) is 14.6. The van der Waals surface area contributed by atoms with Crippen LogP contribution >= 0.6 is 11.6 Å². The summed E-state index contributed by atoms with van der Waals surface area (Å²) in [6, 6.07) is 0. The maximum atomic E-state index is 12.8. The van der Waals surface area contributed by atoms with Crippen LogP contribution in [0.15, 0.2) is 0 Å². The molecular formula is C8H10ClF6NO2. The number of aliphatic hydroxyl groups is 1. The summed E-state index contributed by atoms with van der Waals surface area (Å²) in [5.74, 6) is -14.2. The molecule has 0 bridgehead atoms. The number of aliphatic hydroxyl groups excluding tert-OH is 1. The molecule has 108 valence electrons. The van der Waals surface area contributed by atoms with Gasteiger partial charge in [0.2, 0.25) is 0 Å². The molecule has 0 unspecified atom stereocenters. The summed E-state index contributed by atoms with van der Waals surface area (Å²) in [5, 5.41) is 4.14. The fourth-order valence-electron chi connectivity index (χ4n) is 0.870. The SMILES string of the molecule is O=C(NCCCCO)C(F)(F)C(F)(F)C(F)(F)Cl. The predicted octanol–water partition coefficient (Wildman–Crippen LogP) is 1.98. The zero-order valence-electron chi connectivity index (χ0n) is 8.83. The highest BCUT2D eigenvalue weighted by molar-refractivity contribution is 6.22. The van der Waals surface area contributed by atoms with Crippen molar-refractivity contribution in [3.05, 3.63) is 0 Å². The lowest BCUT2D eigenvalue weighted by Crippen LogP contribution is -2.59. The molecule has 0 aromatic carbocycles. The van der Waals surface area contributed by atoms with Crippen molar-refractivity contribution in [2.75, 3.05) is 13.2 Å². The van der Waals surface area contributed by atoms with Gasteiger partial charge in [0.15, 0.2) is 0 Å². The van der Waals surface area contributed by atoms with Crippen LogP contribution in [-0.2, 0) is 4.79 Å². The topological polar surface area (TPSA) is 49.3 Å². The van der Waals surface area contributed by atoms with Crippen molar-refractivity contribution in [2.45, 2.75) is 30.1 Å². The molecule has 0 aromatic rings. The highest BCUT2D eigenvalue weighted by Gasteiger charge is 2.74. The maximum absolute atomic E-state index is 12.8. The molecule has 1 amide bonds. The first-order chi connectivity index (χ1) is 7.98.